The van der Waals surface area contributed by atoms with Crippen molar-refractivity contribution in [2.75, 3.05) is 7.05 Å². The van der Waals surface area contributed by atoms with Gasteiger partial charge in [0.05, 0.1) is 11.5 Å². The van der Waals surface area contributed by atoms with Crippen LogP contribution in [0.1, 0.15) is 29.9 Å². The maximum atomic E-state index is 12.1. The molecule has 3 aliphatic rings. The zero-order chi connectivity index (χ0) is 14.1. The van der Waals surface area contributed by atoms with Gasteiger partial charge in [-0.3, -0.25) is 4.79 Å². The summed E-state index contributed by atoms with van der Waals surface area (Å²) in [5.41, 5.74) is 0.889. The third kappa shape index (κ3) is 1.27. The summed E-state index contributed by atoms with van der Waals surface area (Å²) in [4.78, 5) is 12.1. The summed E-state index contributed by atoms with van der Waals surface area (Å²) < 4.78 is 5.72. The van der Waals surface area contributed by atoms with Crippen molar-refractivity contribution in [2.24, 2.45) is 0 Å². The van der Waals surface area contributed by atoms with Gasteiger partial charge in [0.2, 0.25) is 0 Å². The van der Waals surface area contributed by atoms with Crippen LogP contribution in [0.2, 0.25) is 0 Å². The molecule has 1 heterocycles. The number of Topliss-reactive ketones (excluding diaryl/α,β-unsaturated/α-hetero) is 1. The third-order valence-corrected chi connectivity index (χ3v) is 5.13. The van der Waals surface area contributed by atoms with Crippen LogP contribution in [-0.4, -0.2) is 40.8 Å². The molecule has 0 radical (unpaired) electrons. The molecule has 20 heavy (non-hydrogen) atoms. The standard InChI is InChI=1S/C15H17NO4/c1-16-10-6-7-2-3-8(17)13-11(7)12-14(20-13)9(18)4-5-15(10,12)19/h2-3,10,12,14,16-17,19H,4-6H2,1H3/t10-,12?,14+,15-/m1/s1. The predicted molar refractivity (Wildman–Crippen MR) is 71.0 cm³/mol. The van der Waals surface area contributed by atoms with Gasteiger partial charge in [0, 0.05) is 18.0 Å². The number of aromatic hydroxyl groups is 1. The molecule has 0 saturated heterocycles. The molecule has 1 aromatic rings. The van der Waals surface area contributed by atoms with E-state index in [1.54, 1.807) is 6.07 Å². The van der Waals surface area contributed by atoms with E-state index in [2.05, 4.69) is 5.32 Å². The van der Waals surface area contributed by atoms with E-state index in [0.717, 1.165) is 11.1 Å². The first-order valence-corrected chi connectivity index (χ1v) is 7.00. The fraction of sp³-hybridized carbons (Fsp3) is 0.533. The lowest BCUT2D eigenvalue weighted by Gasteiger charge is -2.48. The van der Waals surface area contributed by atoms with E-state index >= 15 is 0 Å². The Balaban J connectivity index is 1.97. The number of ketones is 1. The second-order valence-electron chi connectivity index (χ2n) is 6.01. The second kappa shape index (κ2) is 3.74. The lowest BCUT2D eigenvalue weighted by molar-refractivity contribution is -0.140. The lowest BCUT2D eigenvalue weighted by atomic mass is 9.62. The van der Waals surface area contributed by atoms with Gasteiger partial charge in [-0.05, 0) is 31.5 Å². The summed E-state index contributed by atoms with van der Waals surface area (Å²) in [6.07, 6.45) is 0.777. The average molecular weight is 275 g/mol. The van der Waals surface area contributed by atoms with E-state index in [1.807, 2.05) is 13.1 Å². The monoisotopic (exact) mass is 275 g/mol. The van der Waals surface area contributed by atoms with E-state index < -0.39 is 11.7 Å². The number of likely N-dealkylation sites (N-methyl/N-ethyl adjacent to an activating group) is 1. The van der Waals surface area contributed by atoms with Crippen molar-refractivity contribution in [1.29, 1.82) is 0 Å². The molecule has 0 bridgehead atoms. The van der Waals surface area contributed by atoms with Gasteiger partial charge in [0.1, 0.15) is 0 Å². The van der Waals surface area contributed by atoms with E-state index in [4.69, 9.17) is 4.74 Å². The van der Waals surface area contributed by atoms with Crippen LogP contribution in [0.25, 0.3) is 0 Å². The molecular weight excluding hydrogens is 258 g/mol. The Kier molecular flexibility index (Phi) is 2.28. The molecule has 1 aromatic carbocycles. The first-order chi connectivity index (χ1) is 9.56. The summed E-state index contributed by atoms with van der Waals surface area (Å²) in [7, 11) is 1.83. The Morgan fingerprint density at radius 1 is 1.45 bits per heavy atom. The van der Waals surface area contributed by atoms with Crippen molar-refractivity contribution in [3.8, 4) is 11.5 Å². The molecule has 106 valence electrons. The van der Waals surface area contributed by atoms with Gasteiger partial charge in [0.25, 0.3) is 0 Å². The third-order valence-electron chi connectivity index (χ3n) is 5.13. The largest absolute Gasteiger partial charge is 0.504 e. The molecule has 0 amide bonds. The SMILES string of the molecule is CN[C@@H]1Cc2ccc(O)c3c2C2[C@@H](O3)C(=O)CC[C@]21O. The Hall–Kier alpha value is -1.59. The molecule has 0 spiro atoms. The number of hydrogen-bond acceptors (Lipinski definition) is 5. The molecule has 1 fully saturated rings. The quantitative estimate of drug-likeness (QED) is 0.694. The zero-order valence-electron chi connectivity index (χ0n) is 11.2. The molecule has 1 saturated carbocycles. The molecule has 4 atom stereocenters. The van der Waals surface area contributed by atoms with Crippen LogP contribution in [-0.2, 0) is 11.2 Å². The summed E-state index contributed by atoms with van der Waals surface area (Å²) in [5, 5.41) is 24.3. The number of aliphatic hydroxyl groups is 1. The van der Waals surface area contributed by atoms with Gasteiger partial charge >= 0.3 is 0 Å². The lowest BCUT2D eigenvalue weighted by Crippen LogP contribution is -2.62. The van der Waals surface area contributed by atoms with E-state index in [0.29, 0.717) is 25.0 Å². The van der Waals surface area contributed by atoms with Crippen molar-refractivity contribution in [3.05, 3.63) is 23.3 Å². The van der Waals surface area contributed by atoms with Gasteiger partial charge in [-0.25, -0.2) is 0 Å². The molecule has 0 aromatic heterocycles. The molecule has 3 N–H and O–H groups in total. The number of carbonyl (C=O) groups excluding carboxylic acids is 1. The van der Waals surface area contributed by atoms with Crippen LogP contribution < -0.4 is 10.1 Å². The van der Waals surface area contributed by atoms with Crippen LogP contribution in [0.4, 0.5) is 0 Å². The normalized spacial score (nSPS) is 37.5. The number of hydrogen-bond donors (Lipinski definition) is 3. The smallest absolute Gasteiger partial charge is 0.174 e. The summed E-state index contributed by atoms with van der Waals surface area (Å²) >= 11 is 0. The van der Waals surface area contributed by atoms with Crippen molar-refractivity contribution in [2.45, 2.75) is 42.9 Å². The summed E-state index contributed by atoms with van der Waals surface area (Å²) in [6, 6.07) is 3.37. The van der Waals surface area contributed by atoms with E-state index in [-0.39, 0.29) is 23.5 Å². The van der Waals surface area contributed by atoms with Gasteiger partial charge in [0.15, 0.2) is 23.4 Å². The predicted octanol–water partition coefficient (Wildman–Crippen LogP) is 0.475. The molecule has 4 rings (SSSR count). The first-order valence-electron chi connectivity index (χ1n) is 7.00. The number of phenolic OH excluding ortho intramolecular Hbond substituents is 1. The summed E-state index contributed by atoms with van der Waals surface area (Å²) in [5.74, 6) is 0.0852. The highest BCUT2D eigenvalue weighted by molar-refractivity contribution is 5.88. The number of phenols is 1. The Labute approximate surface area is 116 Å². The molecule has 5 heteroatoms. The summed E-state index contributed by atoms with van der Waals surface area (Å²) in [6.45, 7) is 0. The topological polar surface area (TPSA) is 78.8 Å². The number of rotatable bonds is 1. The Morgan fingerprint density at radius 2 is 2.25 bits per heavy atom. The van der Waals surface area contributed by atoms with E-state index in [9.17, 15) is 15.0 Å². The first kappa shape index (κ1) is 12.2. The number of ether oxygens (including phenoxy) is 1. The number of nitrogens with one attached hydrogen (secondary N) is 1. The highest BCUT2D eigenvalue weighted by Crippen LogP contribution is 2.57. The molecule has 2 aliphatic carbocycles. The molecular formula is C15H17NO4. The highest BCUT2D eigenvalue weighted by atomic mass is 16.5. The fourth-order valence-corrected chi connectivity index (χ4v) is 4.14. The van der Waals surface area contributed by atoms with Crippen LogP contribution in [0.15, 0.2) is 12.1 Å². The van der Waals surface area contributed by atoms with Crippen LogP contribution in [0.5, 0.6) is 11.5 Å². The van der Waals surface area contributed by atoms with Crippen LogP contribution in [0, 0.1) is 0 Å². The molecule has 1 aliphatic heterocycles. The van der Waals surface area contributed by atoms with Gasteiger partial charge in [-0.2, -0.15) is 0 Å². The van der Waals surface area contributed by atoms with Crippen molar-refractivity contribution in [1.82, 2.24) is 5.32 Å². The van der Waals surface area contributed by atoms with E-state index in [1.165, 1.54) is 0 Å². The maximum absolute atomic E-state index is 12.1. The molecule has 5 nitrogen and oxygen atoms in total. The second-order valence-corrected chi connectivity index (χ2v) is 6.01. The Bertz CT molecular complexity index is 614. The van der Waals surface area contributed by atoms with Gasteiger partial charge < -0.3 is 20.3 Å². The minimum absolute atomic E-state index is 0.0120. The average Bonchev–Trinajstić information content (AvgIpc) is 2.85. The minimum atomic E-state index is -0.987. The highest BCUT2D eigenvalue weighted by Gasteiger charge is 2.60. The number of carbonyl (C=O) groups is 1. The Morgan fingerprint density at radius 3 is 3.00 bits per heavy atom. The van der Waals surface area contributed by atoms with Crippen LogP contribution in [0.3, 0.4) is 0 Å². The number of benzene rings is 1. The van der Waals surface area contributed by atoms with Crippen molar-refractivity contribution < 1.29 is 19.7 Å². The zero-order valence-corrected chi connectivity index (χ0v) is 11.2. The minimum Gasteiger partial charge on any atom is -0.504 e. The van der Waals surface area contributed by atoms with Gasteiger partial charge in [-0.15, -0.1) is 0 Å². The van der Waals surface area contributed by atoms with Crippen molar-refractivity contribution >= 4 is 5.78 Å². The van der Waals surface area contributed by atoms with Crippen molar-refractivity contribution in [3.63, 3.8) is 0 Å². The van der Waals surface area contributed by atoms with Crippen LogP contribution >= 0.6 is 0 Å². The molecule has 1 unspecified atom stereocenters. The fourth-order valence-electron chi connectivity index (χ4n) is 4.14. The van der Waals surface area contributed by atoms with Gasteiger partial charge in [-0.1, -0.05) is 6.07 Å². The maximum Gasteiger partial charge on any atom is 0.174 e.